The number of rotatable bonds is 3. The topological polar surface area (TPSA) is 92.2 Å². The van der Waals surface area contributed by atoms with Gasteiger partial charge in [0.25, 0.3) is 5.91 Å². The highest BCUT2D eigenvalue weighted by atomic mass is 35.5. The fraction of sp³-hybridized carbons (Fsp3) is 0.0909. The van der Waals surface area contributed by atoms with Crippen molar-refractivity contribution in [2.75, 3.05) is 5.32 Å². The molecule has 0 spiro atoms. The Labute approximate surface area is 117 Å². The summed E-state index contributed by atoms with van der Waals surface area (Å²) in [5.41, 5.74) is 0.920. The van der Waals surface area contributed by atoms with E-state index in [9.17, 15) is 9.59 Å². The van der Waals surface area contributed by atoms with Crippen molar-refractivity contribution in [3.8, 4) is 0 Å². The smallest absolute Gasteiger partial charge is 0.335 e. The third-order valence-electron chi connectivity index (χ3n) is 2.32. The normalized spacial score (nSPS) is 10.2. The van der Waals surface area contributed by atoms with Crippen LogP contribution < -0.4 is 5.32 Å². The predicted octanol–water partition coefficient (Wildman–Crippen LogP) is 2.45. The van der Waals surface area contributed by atoms with Gasteiger partial charge in [0, 0.05) is 0 Å². The molecule has 0 aliphatic heterocycles. The summed E-state index contributed by atoms with van der Waals surface area (Å²) < 4.78 is 3.66. The van der Waals surface area contributed by atoms with Crippen LogP contribution in [0, 0.1) is 6.92 Å². The standard InChI is InChI=1S/C11H8ClN3O3S/c1-5-9(19-15-14-5)10(16)13-8-3-2-6(11(17)18)4-7(8)12/h2-4H,1H3,(H,13,16)(H,17,18). The number of nitrogens with one attached hydrogen (secondary N) is 1. The van der Waals surface area contributed by atoms with E-state index >= 15 is 0 Å². The highest BCUT2D eigenvalue weighted by Crippen LogP contribution is 2.24. The van der Waals surface area contributed by atoms with Gasteiger partial charge < -0.3 is 10.4 Å². The van der Waals surface area contributed by atoms with E-state index < -0.39 is 5.97 Å². The molecule has 19 heavy (non-hydrogen) atoms. The van der Waals surface area contributed by atoms with Gasteiger partial charge in [-0.25, -0.2) is 4.79 Å². The van der Waals surface area contributed by atoms with Crippen molar-refractivity contribution in [2.24, 2.45) is 0 Å². The van der Waals surface area contributed by atoms with E-state index in [-0.39, 0.29) is 16.5 Å². The molecule has 2 N–H and O–H groups in total. The average Bonchev–Trinajstić information content (AvgIpc) is 2.77. The molecule has 1 amide bonds. The number of carboxylic acids is 1. The van der Waals surface area contributed by atoms with E-state index in [0.29, 0.717) is 16.3 Å². The fourth-order valence-corrected chi connectivity index (χ4v) is 2.15. The molecule has 1 heterocycles. The number of hydrogen-bond donors (Lipinski definition) is 2. The monoisotopic (exact) mass is 297 g/mol. The lowest BCUT2D eigenvalue weighted by Gasteiger charge is -2.06. The van der Waals surface area contributed by atoms with Gasteiger partial charge in [0.2, 0.25) is 0 Å². The summed E-state index contributed by atoms with van der Waals surface area (Å²) in [4.78, 5) is 23.1. The van der Waals surface area contributed by atoms with Crippen molar-refractivity contribution in [3.63, 3.8) is 0 Å². The molecule has 0 saturated heterocycles. The summed E-state index contributed by atoms with van der Waals surface area (Å²) in [5.74, 6) is -1.46. The fourth-order valence-electron chi connectivity index (χ4n) is 1.37. The third-order valence-corrected chi connectivity index (χ3v) is 3.46. The van der Waals surface area contributed by atoms with Crippen molar-refractivity contribution in [1.82, 2.24) is 9.59 Å². The molecule has 0 aliphatic carbocycles. The Morgan fingerprint density at radius 2 is 2.16 bits per heavy atom. The molecule has 0 unspecified atom stereocenters. The van der Waals surface area contributed by atoms with Crippen molar-refractivity contribution in [2.45, 2.75) is 6.92 Å². The molecular formula is C11H8ClN3O3S. The molecule has 0 aliphatic rings. The highest BCUT2D eigenvalue weighted by Gasteiger charge is 2.15. The number of anilines is 1. The molecule has 0 fully saturated rings. The molecule has 0 atom stereocenters. The van der Waals surface area contributed by atoms with Gasteiger partial charge in [-0.05, 0) is 36.7 Å². The third kappa shape index (κ3) is 2.88. The molecule has 6 nitrogen and oxygen atoms in total. The van der Waals surface area contributed by atoms with E-state index in [1.807, 2.05) is 0 Å². The van der Waals surface area contributed by atoms with Crippen molar-refractivity contribution < 1.29 is 14.7 Å². The first-order valence-electron chi connectivity index (χ1n) is 5.12. The van der Waals surface area contributed by atoms with E-state index in [1.54, 1.807) is 6.92 Å². The van der Waals surface area contributed by atoms with Crippen LogP contribution in [0.1, 0.15) is 25.7 Å². The first-order chi connectivity index (χ1) is 8.99. The van der Waals surface area contributed by atoms with Gasteiger partial charge in [-0.3, -0.25) is 4.79 Å². The summed E-state index contributed by atoms with van der Waals surface area (Å²) in [6.07, 6.45) is 0. The van der Waals surface area contributed by atoms with Gasteiger partial charge in [0.1, 0.15) is 4.88 Å². The van der Waals surface area contributed by atoms with Gasteiger partial charge in [-0.15, -0.1) is 5.10 Å². The lowest BCUT2D eigenvalue weighted by atomic mass is 10.2. The van der Waals surface area contributed by atoms with Crippen LogP contribution in [0.25, 0.3) is 0 Å². The van der Waals surface area contributed by atoms with Gasteiger partial charge in [-0.2, -0.15) is 0 Å². The van der Waals surface area contributed by atoms with Crippen LogP contribution in [-0.2, 0) is 0 Å². The maximum atomic E-state index is 11.9. The Balaban J connectivity index is 2.23. The van der Waals surface area contributed by atoms with Gasteiger partial charge >= 0.3 is 5.97 Å². The zero-order valence-electron chi connectivity index (χ0n) is 9.68. The van der Waals surface area contributed by atoms with Crippen molar-refractivity contribution >= 4 is 40.7 Å². The first-order valence-corrected chi connectivity index (χ1v) is 6.27. The molecule has 1 aromatic carbocycles. The number of aromatic carboxylic acids is 1. The van der Waals surface area contributed by atoms with Crippen LogP contribution in [0.3, 0.4) is 0 Å². The van der Waals surface area contributed by atoms with Gasteiger partial charge in [-0.1, -0.05) is 16.1 Å². The molecule has 0 bridgehead atoms. The van der Waals surface area contributed by atoms with Crippen LogP contribution in [0.4, 0.5) is 5.69 Å². The average molecular weight is 298 g/mol. The number of aromatic nitrogens is 2. The highest BCUT2D eigenvalue weighted by molar-refractivity contribution is 7.08. The summed E-state index contributed by atoms with van der Waals surface area (Å²) in [5, 5.41) is 15.3. The molecule has 1 aromatic heterocycles. The molecule has 0 radical (unpaired) electrons. The number of hydrogen-bond acceptors (Lipinski definition) is 5. The van der Waals surface area contributed by atoms with Gasteiger partial charge in [0.15, 0.2) is 0 Å². The number of carbonyl (C=O) groups excluding carboxylic acids is 1. The van der Waals surface area contributed by atoms with Crippen LogP contribution in [0.5, 0.6) is 0 Å². The first kappa shape index (κ1) is 13.4. The Hall–Kier alpha value is -1.99. The molecule has 8 heteroatoms. The Bertz CT molecular complexity index is 656. The van der Waals surface area contributed by atoms with Crippen LogP contribution >= 0.6 is 23.1 Å². The predicted molar refractivity (Wildman–Crippen MR) is 71.0 cm³/mol. The minimum atomic E-state index is -1.08. The summed E-state index contributed by atoms with van der Waals surface area (Å²) in [6, 6.07) is 4.08. The molecule has 2 rings (SSSR count). The minimum Gasteiger partial charge on any atom is -0.478 e. The number of nitrogens with zero attached hydrogens (tertiary/aromatic N) is 2. The SMILES string of the molecule is Cc1nnsc1C(=O)Nc1ccc(C(=O)O)cc1Cl. The lowest BCUT2D eigenvalue weighted by Crippen LogP contribution is -2.12. The Morgan fingerprint density at radius 3 is 2.68 bits per heavy atom. The molecule has 2 aromatic rings. The van der Waals surface area contributed by atoms with Crippen LogP contribution in [0.15, 0.2) is 18.2 Å². The van der Waals surface area contributed by atoms with E-state index in [2.05, 4.69) is 14.9 Å². The van der Waals surface area contributed by atoms with Gasteiger partial charge in [0.05, 0.1) is 22.0 Å². The summed E-state index contributed by atoms with van der Waals surface area (Å²) in [6.45, 7) is 1.67. The van der Waals surface area contributed by atoms with E-state index in [4.69, 9.17) is 16.7 Å². The second-order valence-electron chi connectivity index (χ2n) is 3.64. The summed E-state index contributed by atoms with van der Waals surface area (Å²) in [7, 11) is 0. The van der Waals surface area contributed by atoms with E-state index in [1.165, 1.54) is 18.2 Å². The number of carbonyl (C=O) groups is 2. The largest absolute Gasteiger partial charge is 0.478 e. The Kier molecular flexibility index (Phi) is 3.77. The lowest BCUT2D eigenvalue weighted by molar-refractivity contribution is 0.0696. The number of aryl methyl sites for hydroxylation is 1. The van der Waals surface area contributed by atoms with Crippen LogP contribution in [-0.4, -0.2) is 26.6 Å². The van der Waals surface area contributed by atoms with Crippen LogP contribution in [0.2, 0.25) is 5.02 Å². The maximum absolute atomic E-state index is 11.9. The number of benzene rings is 1. The van der Waals surface area contributed by atoms with Crippen molar-refractivity contribution in [1.29, 1.82) is 0 Å². The van der Waals surface area contributed by atoms with Crippen molar-refractivity contribution in [3.05, 3.63) is 39.4 Å². The zero-order chi connectivity index (χ0) is 14.0. The second kappa shape index (κ2) is 5.33. The second-order valence-corrected chi connectivity index (χ2v) is 4.80. The molecular weight excluding hydrogens is 290 g/mol. The quantitative estimate of drug-likeness (QED) is 0.908. The minimum absolute atomic E-state index is 0.0543. The number of carboxylic acid groups (broad SMARTS) is 1. The zero-order valence-corrected chi connectivity index (χ0v) is 11.2. The Morgan fingerprint density at radius 1 is 1.42 bits per heavy atom. The molecule has 0 saturated carbocycles. The molecule has 98 valence electrons. The summed E-state index contributed by atoms with van der Waals surface area (Å²) >= 11 is 6.89. The number of halogens is 1. The maximum Gasteiger partial charge on any atom is 0.335 e. The van der Waals surface area contributed by atoms with E-state index in [0.717, 1.165) is 11.5 Å². The number of amides is 1.